The van der Waals surface area contributed by atoms with Crippen molar-refractivity contribution in [3.8, 4) is 17.2 Å². The van der Waals surface area contributed by atoms with E-state index in [0.29, 0.717) is 59.0 Å². The zero-order valence-corrected chi connectivity index (χ0v) is 20.4. The standard InChI is InChI=1S/C26H32N4O5/c1-19-15-21(20(2)30(19)22-4-5-23-24(16-22)35-18-34-23)3-6-25(31)28-9-7-27(8-10-28)17-26(32)29-11-13-33-14-12-29/h3-6,15-16H,7-14,17-18H2,1-2H3. The third kappa shape index (κ3) is 5.06. The fraction of sp³-hybridized carbons (Fsp3) is 0.462. The molecule has 0 saturated carbocycles. The molecule has 0 atom stereocenters. The van der Waals surface area contributed by atoms with Crippen molar-refractivity contribution >= 4 is 17.9 Å². The maximum absolute atomic E-state index is 12.8. The summed E-state index contributed by atoms with van der Waals surface area (Å²) in [7, 11) is 0. The highest BCUT2D eigenvalue weighted by Gasteiger charge is 2.24. The maximum Gasteiger partial charge on any atom is 0.246 e. The molecule has 2 aromatic rings. The number of aromatic nitrogens is 1. The molecule has 186 valence electrons. The smallest absolute Gasteiger partial charge is 0.246 e. The lowest BCUT2D eigenvalue weighted by Gasteiger charge is -2.35. The van der Waals surface area contributed by atoms with Crippen LogP contribution >= 0.6 is 0 Å². The second kappa shape index (κ2) is 10.1. The van der Waals surface area contributed by atoms with Crippen molar-refractivity contribution in [2.45, 2.75) is 13.8 Å². The molecule has 0 unspecified atom stereocenters. The molecule has 2 saturated heterocycles. The van der Waals surface area contributed by atoms with Crippen molar-refractivity contribution in [1.82, 2.24) is 19.3 Å². The zero-order chi connectivity index (χ0) is 24.4. The molecule has 3 aliphatic rings. The van der Waals surface area contributed by atoms with Gasteiger partial charge in [0.25, 0.3) is 0 Å². The van der Waals surface area contributed by atoms with E-state index in [4.69, 9.17) is 14.2 Å². The van der Waals surface area contributed by atoms with Crippen LogP contribution in [-0.4, -0.2) is 96.9 Å². The molecule has 2 amide bonds. The van der Waals surface area contributed by atoms with Crippen molar-refractivity contribution in [1.29, 1.82) is 0 Å². The summed E-state index contributed by atoms with van der Waals surface area (Å²) in [6.07, 6.45) is 3.54. The molecule has 5 rings (SSSR count). The first kappa shape index (κ1) is 23.4. The number of piperazine rings is 1. The van der Waals surface area contributed by atoms with Crippen LogP contribution in [0.15, 0.2) is 30.3 Å². The molecule has 4 heterocycles. The highest BCUT2D eigenvalue weighted by Crippen LogP contribution is 2.35. The number of amides is 2. The Bertz CT molecular complexity index is 1130. The first-order chi connectivity index (χ1) is 17.0. The van der Waals surface area contributed by atoms with Gasteiger partial charge >= 0.3 is 0 Å². The van der Waals surface area contributed by atoms with E-state index >= 15 is 0 Å². The molecule has 3 aliphatic heterocycles. The van der Waals surface area contributed by atoms with E-state index in [1.807, 2.05) is 47.9 Å². The summed E-state index contributed by atoms with van der Waals surface area (Å²) in [4.78, 5) is 31.2. The minimum absolute atomic E-state index is 0.00274. The average molecular weight is 481 g/mol. The monoisotopic (exact) mass is 480 g/mol. The number of carbonyl (C=O) groups excluding carboxylic acids is 2. The topological polar surface area (TPSA) is 76.5 Å². The number of rotatable bonds is 5. The van der Waals surface area contributed by atoms with Crippen LogP contribution in [-0.2, 0) is 14.3 Å². The molecule has 0 spiro atoms. The average Bonchev–Trinajstić information content (AvgIpc) is 3.46. The van der Waals surface area contributed by atoms with Crippen molar-refractivity contribution < 1.29 is 23.8 Å². The van der Waals surface area contributed by atoms with E-state index in [1.165, 1.54) is 0 Å². The molecule has 0 radical (unpaired) electrons. The first-order valence-electron chi connectivity index (χ1n) is 12.1. The van der Waals surface area contributed by atoms with Crippen molar-refractivity contribution in [2.24, 2.45) is 0 Å². The fourth-order valence-electron chi connectivity index (χ4n) is 4.87. The first-order valence-corrected chi connectivity index (χ1v) is 12.1. The lowest BCUT2D eigenvalue weighted by atomic mass is 10.2. The van der Waals surface area contributed by atoms with Crippen LogP contribution in [0.2, 0.25) is 0 Å². The molecule has 35 heavy (non-hydrogen) atoms. The second-order valence-corrected chi connectivity index (χ2v) is 9.13. The minimum Gasteiger partial charge on any atom is -0.454 e. The van der Waals surface area contributed by atoms with Gasteiger partial charge in [-0.2, -0.15) is 0 Å². The van der Waals surface area contributed by atoms with Crippen molar-refractivity contribution in [3.05, 3.63) is 47.3 Å². The Kier molecular flexibility index (Phi) is 6.79. The SMILES string of the molecule is Cc1cc(C=CC(=O)N2CCN(CC(=O)N3CCOCC3)CC2)c(C)n1-c1ccc2c(c1)OCO2. The van der Waals surface area contributed by atoms with Crippen LogP contribution in [0, 0.1) is 13.8 Å². The molecule has 9 heteroatoms. The third-order valence-corrected chi connectivity index (χ3v) is 6.90. The Morgan fingerprint density at radius 3 is 2.43 bits per heavy atom. The van der Waals surface area contributed by atoms with Crippen LogP contribution < -0.4 is 9.47 Å². The Morgan fingerprint density at radius 2 is 1.66 bits per heavy atom. The van der Waals surface area contributed by atoms with Crippen LogP contribution in [0.3, 0.4) is 0 Å². The Balaban J connectivity index is 1.17. The van der Waals surface area contributed by atoms with E-state index in [9.17, 15) is 9.59 Å². The predicted molar refractivity (Wildman–Crippen MR) is 131 cm³/mol. The molecule has 0 bridgehead atoms. The van der Waals surface area contributed by atoms with Crippen molar-refractivity contribution in [2.75, 3.05) is 65.8 Å². The summed E-state index contributed by atoms with van der Waals surface area (Å²) in [5.74, 6) is 1.64. The number of hydrogen-bond acceptors (Lipinski definition) is 6. The Labute approximate surface area is 205 Å². The lowest BCUT2D eigenvalue weighted by Crippen LogP contribution is -2.52. The largest absolute Gasteiger partial charge is 0.454 e. The minimum atomic E-state index is -0.00274. The van der Waals surface area contributed by atoms with Crippen LogP contribution in [0.4, 0.5) is 0 Å². The van der Waals surface area contributed by atoms with Crippen LogP contribution in [0.25, 0.3) is 11.8 Å². The molecule has 1 aromatic carbocycles. The van der Waals surface area contributed by atoms with E-state index in [2.05, 4.69) is 15.5 Å². The molecule has 9 nitrogen and oxygen atoms in total. The summed E-state index contributed by atoms with van der Waals surface area (Å²) >= 11 is 0. The van der Waals surface area contributed by atoms with Crippen molar-refractivity contribution in [3.63, 3.8) is 0 Å². The van der Waals surface area contributed by atoms with Gasteiger partial charge in [-0.05, 0) is 43.7 Å². The predicted octanol–water partition coefficient (Wildman–Crippen LogP) is 1.84. The van der Waals surface area contributed by atoms with Gasteiger partial charge in [0, 0.05) is 68.5 Å². The van der Waals surface area contributed by atoms with Gasteiger partial charge in [0.05, 0.1) is 19.8 Å². The summed E-state index contributed by atoms with van der Waals surface area (Å²) in [5, 5.41) is 0. The Morgan fingerprint density at radius 1 is 0.914 bits per heavy atom. The number of aryl methyl sites for hydroxylation is 1. The van der Waals surface area contributed by atoms with E-state index in [-0.39, 0.29) is 18.6 Å². The van der Waals surface area contributed by atoms with Gasteiger partial charge in [-0.25, -0.2) is 0 Å². The van der Waals surface area contributed by atoms with Gasteiger partial charge in [-0.3, -0.25) is 14.5 Å². The van der Waals surface area contributed by atoms with Gasteiger partial charge in [-0.15, -0.1) is 0 Å². The maximum atomic E-state index is 12.8. The molecule has 2 fully saturated rings. The number of hydrogen-bond donors (Lipinski definition) is 0. The molecular formula is C26H32N4O5. The number of nitrogens with zero attached hydrogens (tertiary/aromatic N) is 4. The summed E-state index contributed by atoms with van der Waals surface area (Å²) in [5.41, 5.74) is 4.13. The molecule has 1 aromatic heterocycles. The normalized spacial score (nSPS) is 18.5. The highest BCUT2D eigenvalue weighted by molar-refractivity contribution is 5.92. The summed E-state index contributed by atoms with van der Waals surface area (Å²) in [6, 6.07) is 7.99. The third-order valence-electron chi connectivity index (χ3n) is 6.90. The number of benzene rings is 1. The van der Waals surface area contributed by atoms with E-state index in [1.54, 1.807) is 6.08 Å². The number of morpholine rings is 1. The van der Waals surface area contributed by atoms with Gasteiger partial charge in [0.15, 0.2) is 11.5 Å². The molecule has 0 aliphatic carbocycles. The molecule has 0 N–H and O–H groups in total. The van der Waals surface area contributed by atoms with Crippen LogP contribution in [0.5, 0.6) is 11.5 Å². The zero-order valence-electron chi connectivity index (χ0n) is 20.4. The quantitative estimate of drug-likeness (QED) is 0.608. The van der Waals surface area contributed by atoms with Gasteiger partial charge in [0.2, 0.25) is 18.6 Å². The number of carbonyl (C=O) groups is 2. The second-order valence-electron chi connectivity index (χ2n) is 9.13. The molecular weight excluding hydrogens is 448 g/mol. The van der Waals surface area contributed by atoms with E-state index < -0.39 is 0 Å². The number of ether oxygens (including phenoxy) is 3. The van der Waals surface area contributed by atoms with E-state index in [0.717, 1.165) is 34.1 Å². The van der Waals surface area contributed by atoms with Gasteiger partial charge in [-0.1, -0.05) is 0 Å². The summed E-state index contributed by atoms with van der Waals surface area (Å²) in [6.45, 7) is 9.95. The summed E-state index contributed by atoms with van der Waals surface area (Å²) < 4.78 is 18.4. The van der Waals surface area contributed by atoms with Gasteiger partial charge < -0.3 is 28.6 Å². The van der Waals surface area contributed by atoms with Gasteiger partial charge in [0.1, 0.15) is 0 Å². The van der Waals surface area contributed by atoms with Crippen LogP contribution in [0.1, 0.15) is 17.0 Å². The Hall–Kier alpha value is -3.30. The lowest BCUT2D eigenvalue weighted by molar-refractivity contribution is -0.137. The number of fused-ring (bicyclic) bond motifs is 1. The fourth-order valence-corrected chi connectivity index (χ4v) is 4.87. The highest BCUT2D eigenvalue weighted by atomic mass is 16.7.